The third-order valence-corrected chi connectivity index (χ3v) is 4.21. The molecule has 0 radical (unpaired) electrons. The number of nitrogens with zero attached hydrogens (tertiary/aromatic N) is 1. The molecule has 1 saturated carbocycles. The van der Waals surface area contributed by atoms with E-state index in [9.17, 15) is 0 Å². The summed E-state index contributed by atoms with van der Waals surface area (Å²) in [6.07, 6.45) is 5.59. The summed E-state index contributed by atoms with van der Waals surface area (Å²) in [6.45, 7) is 2.35. The molecule has 0 unspecified atom stereocenters. The number of para-hydroxylation sites is 2. The first kappa shape index (κ1) is 10.0. The van der Waals surface area contributed by atoms with Crippen molar-refractivity contribution in [3.63, 3.8) is 0 Å². The van der Waals surface area contributed by atoms with Crippen molar-refractivity contribution in [3.8, 4) is 0 Å². The van der Waals surface area contributed by atoms with Crippen molar-refractivity contribution >= 4 is 11.4 Å². The van der Waals surface area contributed by atoms with Crippen LogP contribution in [0.3, 0.4) is 0 Å². The molecule has 1 aromatic carbocycles. The molecule has 16 heavy (non-hydrogen) atoms. The lowest BCUT2D eigenvalue weighted by Crippen LogP contribution is -2.36. The number of fused-ring (bicyclic) bond motifs is 1. The third-order valence-electron chi connectivity index (χ3n) is 4.21. The summed E-state index contributed by atoms with van der Waals surface area (Å²) in [6, 6.07) is 8.66. The smallest absolute Gasteiger partial charge is 0.0599 e. The van der Waals surface area contributed by atoms with Gasteiger partial charge in [0, 0.05) is 25.6 Å². The molecule has 0 atom stereocenters. The Kier molecular flexibility index (Phi) is 2.31. The average Bonchev–Trinajstić information content (AvgIpc) is 2.70. The first-order valence-electron chi connectivity index (χ1n) is 6.33. The molecule has 1 fully saturated rings. The molecule has 2 aliphatic rings. The Hall–Kier alpha value is -1.18. The fraction of sp³-hybridized carbons (Fsp3) is 0.571. The maximum absolute atomic E-state index is 3.65. The van der Waals surface area contributed by atoms with Gasteiger partial charge in [-0.3, -0.25) is 0 Å². The summed E-state index contributed by atoms with van der Waals surface area (Å²) in [5, 5.41) is 3.65. The minimum absolute atomic E-state index is 0.522. The lowest BCUT2D eigenvalue weighted by Gasteiger charge is -2.31. The van der Waals surface area contributed by atoms with Gasteiger partial charge in [0.25, 0.3) is 0 Å². The molecule has 0 aromatic heterocycles. The molecule has 86 valence electrons. The fourth-order valence-electron chi connectivity index (χ4n) is 3.34. The van der Waals surface area contributed by atoms with Crippen molar-refractivity contribution in [2.24, 2.45) is 5.41 Å². The highest BCUT2D eigenvalue weighted by atomic mass is 15.2. The van der Waals surface area contributed by atoms with Gasteiger partial charge in [-0.05, 0) is 25.0 Å². The lowest BCUT2D eigenvalue weighted by atomic mass is 9.86. The normalized spacial score (nSPS) is 22.7. The van der Waals surface area contributed by atoms with Crippen molar-refractivity contribution in [1.29, 1.82) is 0 Å². The van der Waals surface area contributed by atoms with Crippen LogP contribution >= 0.6 is 0 Å². The SMILES string of the molecule is CN1CC2(CCCC2)CNc2ccccc21. The van der Waals surface area contributed by atoms with Gasteiger partial charge in [0.1, 0.15) is 0 Å². The van der Waals surface area contributed by atoms with E-state index in [0.29, 0.717) is 5.41 Å². The van der Waals surface area contributed by atoms with E-state index in [4.69, 9.17) is 0 Å². The molecule has 1 aliphatic heterocycles. The van der Waals surface area contributed by atoms with Crippen LogP contribution in [0.15, 0.2) is 24.3 Å². The summed E-state index contributed by atoms with van der Waals surface area (Å²) < 4.78 is 0. The average molecular weight is 216 g/mol. The highest BCUT2D eigenvalue weighted by molar-refractivity contribution is 5.70. The Balaban J connectivity index is 1.92. The standard InChI is InChI=1S/C14H20N2/c1-16-11-14(8-4-5-9-14)10-15-12-6-2-3-7-13(12)16/h2-3,6-7,15H,4-5,8-11H2,1H3. The van der Waals surface area contributed by atoms with E-state index in [2.05, 4.69) is 41.5 Å². The van der Waals surface area contributed by atoms with Crippen LogP contribution < -0.4 is 10.2 Å². The van der Waals surface area contributed by atoms with E-state index in [-0.39, 0.29) is 0 Å². The van der Waals surface area contributed by atoms with E-state index in [0.717, 1.165) is 6.54 Å². The second kappa shape index (κ2) is 3.69. The maximum Gasteiger partial charge on any atom is 0.0599 e. The van der Waals surface area contributed by atoms with Gasteiger partial charge in [0.05, 0.1) is 11.4 Å². The number of nitrogens with one attached hydrogen (secondary N) is 1. The molecule has 0 amide bonds. The van der Waals surface area contributed by atoms with Gasteiger partial charge in [-0.2, -0.15) is 0 Å². The van der Waals surface area contributed by atoms with E-state index in [1.54, 1.807) is 0 Å². The van der Waals surface area contributed by atoms with Crippen LogP contribution in [0.1, 0.15) is 25.7 Å². The van der Waals surface area contributed by atoms with Crippen LogP contribution in [0.2, 0.25) is 0 Å². The minimum Gasteiger partial charge on any atom is -0.383 e. The van der Waals surface area contributed by atoms with Gasteiger partial charge in [-0.1, -0.05) is 25.0 Å². The van der Waals surface area contributed by atoms with Gasteiger partial charge in [0.2, 0.25) is 0 Å². The van der Waals surface area contributed by atoms with Gasteiger partial charge in [-0.15, -0.1) is 0 Å². The maximum atomic E-state index is 3.65. The van der Waals surface area contributed by atoms with E-state index >= 15 is 0 Å². The van der Waals surface area contributed by atoms with E-state index in [1.807, 2.05) is 0 Å². The third kappa shape index (κ3) is 1.57. The van der Waals surface area contributed by atoms with Crippen molar-refractivity contribution < 1.29 is 0 Å². The van der Waals surface area contributed by atoms with E-state index < -0.39 is 0 Å². The molecular weight excluding hydrogens is 196 g/mol. The van der Waals surface area contributed by atoms with Crippen molar-refractivity contribution in [2.75, 3.05) is 30.4 Å². The molecule has 2 nitrogen and oxygen atoms in total. The van der Waals surface area contributed by atoms with Gasteiger partial charge in [-0.25, -0.2) is 0 Å². The molecular formula is C14H20N2. The first-order chi connectivity index (χ1) is 7.79. The summed E-state index contributed by atoms with van der Waals surface area (Å²) in [7, 11) is 2.23. The summed E-state index contributed by atoms with van der Waals surface area (Å²) in [5.74, 6) is 0. The van der Waals surface area contributed by atoms with Gasteiger partial charge in [0.15, 0.2) is 0 Å². The van der Waals surface area contributed by atoms with Gasteiger partial charge < -0.3 is 10.2 Å². The predicted molar refractivity (Wildman–Crippen MR) is 69.1 cm³/mol. The quantitative estimate of drug-likeness (QED) is 0.717. The number of rotatable bonds is 0. The molecule has 2 heteroatoms. The zero-order valence-corrected chi connectivity index (χ0v) is 10.00. The molecule has 1 heterocycles. The number of hydrogen-bond donors (Lipinski definition) is 1. The number of anilines is 2. The van der Waals surface area contributed by atoms with Crippen LogP contribution in [0.5, 0.6) is 0 Å². The van der Waals surface area contributed by atoms with Gasteiger partial charge >= 0.3 is 0 Å². The summed E-state index contributed by atoms with van der Waals surface area (Å²) >= 11 is 0. The predicted octanol–water partition coefficient (Wildman–Crippen LogP) is 3.11. The zero-order chi connectivity index (χ0) is 11.0. The molecule has 3 rings (SSSR count). The largest absolute Gasteiger partial charge is 0.383 e. The fourth-order valence-corrected chi connectivity index (χ4v) is 3.34. The van der Waals surface area contributed by atoms with E-state index in [1.165, 1.54) is 43.6 Å². The number of benzene rings is 1. The summed E-state index contributed by atoms with van der Waals surface area (Å²) in [5.41, 5.74) is 3.17. The Morgan fingerprint density at radius 3 is 2.75 bits per heavy atom. The van der Waals surface area contributed by atoms with Crippen LogP contribution in [0, 0.1) is 5.41 Å². The minimum atomic E-state index is 0.522. The molecule has 1 spiro atoms. The van der Waals surface area contributed by atoms with Crippen LogP contribution in [0.25, 0.3) is 0 Å². The highest BCUT2D eigenvalue weighted by Gasteiger charge is 2.36. The van der Waals surface area contributed by atoms with Crippen LogP contribution in [0.4, 0.5) is 11.4 Å². The first-order valence-corrected chi connectivity index (χ1v) is 6.33. The summed E-state index contributed by atoms with van der Waals surface area (Å²) in [4.78, 5) is 2.43. The molecule has 1 aromatic rings. The Labute approximate surface area is 97.6 Å². The topological polar surface area (TPSA) is 15.3 Å². The molecule has 0 bridgehead atoms. The number of hydrogen-bond acceptors (Lipinski definition) is 2. The molecule has 0 saturated heterocycles. The second-order valence-corrected chi connectivity index (χ2v) is 5.43. The lowest BCUT2D eigenvalue weighted by molar-refractivity contribution is 0.330. The monoisotopic (exact) mass is 216 g/mol. The Morgan fingerprint density at radius 2 is 1.94 bits per heavy atom. The van der Waals surface area contributed by atoms with Crippen LogP contribution in [-0.4, -0.2) is 20.1 Å². The van der Waals surface area contributed by atoms with Crippen molar-refractivity contribution in [1.82, 2.24) is 0 Å². The molecule has 1 aliphatic carbocycles. The second-order valence-electron chi connectivity index (χ2n) is 5.43. The van der Waals surface area contributed by atoms with Crippen LogP contribution in [-0.2, 0) is 0 Å². The Morgan fingerprint density at radius 1 is 1.19 bits per heavy atom. The van der Waals surface area contributed by atoms with Crippen molar-refractivity contribution in [3.05, 3.63) is 24.3 Å². The highest BCUT2D eigenvalue weighted by Crippen LogP contribution is 2.42. The zero-order valence-electron chi connectivity index (χ0n) is 10.00. The Bertz CT molecular complexity index is 380. The molecule has 1 N–H and O–H groups in total. The van der Waals surface area contributed by atoms with Crippen molar-refractivity contribution in [2.45, 2.75) is 25.7 Å².